The maximum atomic E-state index is 11.7. The highest BCUT2D eigenvalue weighted by atomic mass is 16.4. The summed E-state index contributed by atoms with van der Waals surface area (Å²) in [5.74, 6) is -0.946. The zero-order valence-corrected chi connectivity index (χ0v) is 11.6. The Labute approximate surface area is 117 Å². The third-order valence-electron chi connectivity index (χ3n) is 3.25. The van der Waals surface area contributed by atoms with Crippen LogP contribution in [0.3, 0.4) is 0 Å². The molecule has 0 amide bonds. The van der Waals surface area contributed by atoms with Crippen molar-refractivity contribution in [3.05, 3.63) is 35.5 Å². The maximum Gasteiger partial charge on any atom is 0.335 e. The summed E-state index contributed by atoms with van der Waals surface area (Å²) in [5.41, 5.74) is 7.62. The van der Waals surface area contributed by atoms with E-state index < -0.39 is 5.97 Å². The van der Waals surface area contributed by atoms with Crippen LogP contribution in [0, 0.1) is 5.41 Å². The summed E-state index contributed by atoms with van der Waals surface area (Å²) in [4.78, 5) is 22.7. The molecule has 0 saturated heterocycles. The van der Waals surface area contributed by atoms with Gasteiger partial charge in [0.05, 0.1) is 16.9 Å². The van der Waals surface area contributed by atoms with Crippen molar-refractivity contribution in [3.8, 4) is 0 Å². The highest BCUT2D eigenvalue weighted by Gasteiger charge is 2.27. The van der Waals surface area contributed by atoms with Crippen LogP contribution in [0.15, 0.2) is 30.0 Å². The molecule has 1 aliphatic rings. The first kappa shape index (κ1) is 14.1. The lowest BCUT2D eigenvalue weighted by molar-refractivity contribution is -0.117. The van der Waals surface area contributed by atoms with Gasteiger partial charge in [0.2, 0.25) is 0 Å². The number of rotatable bonds is 3. The predicted octanol–water partition coefficient (Wildman–Crippen LogP) is 2.65. The molecule has 0 radical (unpaired) electrons. The number of carbonyl (C=O) groups excluding carboxylic acids is 1. The number of carboxylic acids is 1. The Morgan fingerprint density at radius 1 is 1.35 bits per heavy atom. The van der Waals surface area contributed by atoms with E-state index in [1.165, 1.54) is 12.1 Å². The van der Waals surface area contributed by atoms with Crippen molar-refractivity contribution < 1.29 is 14.7 Å². The second kappa shape index (κ2) is 5.00. The lowest BCUT2D eigenvalue weighted by Gasteiger charge is -2.29. The van der Waals surface area contributed by atoms with Crippen molar-refractivity contribution in [3.63, 3.8) is 0 Å². The Morgan fingerprint density at radius 3 is 2.65 bits per heavy atom. The maximum absolute atomic E-state index is 11.7. The normalized spacial score (nSPS) is 17.5. The van der Waals surface area contributed by atoms with Gasteiger partial charge < -0.3 is 16.2 Å². The molecule has 1 aromatic rings. The fourth-order valence-corrected chi connectivity index (χ4v) is 2.40. The molecule has 1 aromatic carbocycles. The number of carboxylic acid groups (broad SMARTS) is 1. The number of ketones is 1. The smallest absolute Gasteiger partial charge is 0.335 e. The molecule has 0 saturated carbocycles. The van der Waals surface area contributed by atoms with Gasteiger partial charge in [-0.15, -0.1) is 0 Å². The Kier molecular flexibility index (Phi) is 3.53. The first-order valence-corrected chi connectivity index (χ1v) is 6.40. The lowest BCUT2D eigenvalue weighted by atomic mass is 9.79. The molecule has 0 atom stereocenters. The van der Waals surface area contributed by atoms with Crippen LogP contribution in [-0.2, 0) is 4.79 Å². The number of hydrogen-bond acceptors (Lipinski definition) is 4. The third-order valence-corrected chi connectivity index (χ3v) is 3.25. The molecule has 5 nitrogen and oxygen atoms in total. The number of anilines is 2. The van der Waals surface area contributed by atoms with E-state index in [1.54, 1.807) is 12.1 Å². The van der Waals surface area contributed by atoms with Gasteiger partial charge in [0, 0.05) is 18.2 Å². The second-order valence-electron chi connectivity index (χ2n) is 5.89. The van der Waals surface area contributed by atoms with Gasteiger partial charge in [0.15, 0.2) is 5.78 Å². The van der Waals surface area contributed by atoms with Gasteiger partial charge in [-0.2, -0.15) is 0 Å². The summed E-state index contributed by atoms with van der Waals surface area (Å²) in [6, 6.07) is 4.47. The average Bonchev–Trinajstić information content (AvgIpc) is 2.28. The van der Waals surface area contributed by atoms with Crippen LogP contribution in [0.4, 0.5) is 11.4 Å². The molecule has 4 N–H and O–H groups in total. The standard InChI is InChI=1S/C15H18N2O3/c1-15(2)7-10(6-11(18)8-15)17-13-5-9(14(19)20)3-4-12(13)16/h3-6,17H,7-8,16H2,1-2H3,(H,19,20). The van der Waals surface area contributed by atoms with Crippen LogP contribution in [0.25, 0.3) is 0 Å². The molecule has 0 aromatic heterocycles. The molecular weight excluding hydrogens is 256 g/mol. The van der Waals surface area contributed by atoms with Gasteiger partial charge in [0.25, 0.3) is 0 Å². The summed E-state index contributed by atoms with van der Waals surface area (Å²) in [6.07, 6.45) is 2.80. The molecule has 2 rings (SSSR count). The van der Waals surface area contributed by atoms with Crippen molar-refractivity contribution in [2.45, 2.75) is 26.7 Å². The number of hydrogen-bond donors (Lipinski definition) is 3. The fraction of sp³-hybridized carbons (Fsp3) is 0.333. The minimum Gasteiger partial charge on any atom is -0.478 e. The first-order chi connectivity index (χ1) is 9.27. The molecule has 0 unspecified atom stereocenters. The van der Waals surface area contributed by atoms with E-state index >= 15 is 0 Å². The Hall–Kier alpha value is -2.30. The SMILES string of the molecule is CC1(C)CC(=O)C=C(Nc2cc(C(=O)O)ccc2N)C1. The largest absolute Gasteiger partial charge is 0.478 e. The van der Waals surface area contributed by atoms with Crippen molar-refractivity contribution in [2.75, 3.05) is 11.1 Å². The van der Waals surface area contributed by atoms with Gasteiger partial charge in [0.1, 0.15) is 0 Å². The average molecular weight is 274 g/mol. The highest BCUT2D eigenvalue weighted by Crippen LogP contribution is 2.34. The number of allylic oxidation sites excluding steroid dienone is 2. The first-order valence-electron chi connectivity index (χ1n) is 6.40. The van der Waals surface area contributed by atoms with Crippen LogP contribution in [0.5, 0.6) is 0 Å². The number of benzene rings is 1. The summed E-state index contributed by atoms with van der Waals surface area (Å²) in [7, 11) is 0. The summed E-state index contributed by atoms with van der Waals surface area (Å²) in [5, 5.41) is 12.1. The molecule has 5 heteroatoms. The molecule has 1 aliphatic carbocycles. The van der Waals surface area contributed by atoms with E-state index in [2.05, 4.69) is 5.32 Å². The van der Waals surface area contributed by atoms with Crippen LogP contribution >= 0.6 is 0 Å². The molecule has 0 bridgehead atoms. The summed E-state index contributed by atoms with van der Waals surface area (Å²) < 4.78 is 0. The lowest BCUT2D eigenvalue weighted by Crippen LogP contribution is -2.24. The molecular formula is C15H18N2O3. The van der Waals surface area contributed by atoms with E-state index in [9.17, 15) is 9.59 Å². The van der Waals surface area contributed by atoms with Crippen molar-refractivity contribution >= 4 is 23.1 Å². The van der Waals surface area contributed by atoms with Crippen molar-refractivity contribution in [1.29, 1.82) is 0 Å². The van der Waals surface area contributed by atoms with Crippen molar-refractivity contribution in [2.24, 2.45) is 5.41 Å². The minimum absolute atomic E-state index is 0.0664. The van der Waals surface area contributed by atoms with Crippen LogP contribution in [0.2, 0.25) is 0 Å². The molecule has 20 heavy (non-hydrogen) atoms. The Bertz CT molecular complexity index is 603. The predicted molar refractivity (Wildman–Crippen MR) is 77.5 cm³/mol. The van der Waals surface area contributed by atoms with Crippen LogP contribution in [-0.4, -0.2) is 16.9 Å². The van der Waals surface area contributed by atoms with E-state index in [4.69, 9.17) is 10.8 Å². The third kappa shape index (κ3) is 3.17. The van der Waals surface area contributed by atoms with Crippen LogP contribution in [0.1, 0.15) is 37.0 Å². The summed E-state index contributed by atoms with van der Waals surface area (Å²) >= 11 is 0. The topological polar surface area (TPSA) is 92.4 Å². The second-order valence-corrected chi connectivity index (χ2v) is 5.89. The highest BCUT2D eigenvalue weighted by molar-refractivity contribution is 5.93. The number of nitrogens with one attached hydrogen (secondary N) is 1. The minimum atomic E-state index is -1.01. The van der Waals surface area contributed by atoms with E-state index in [0.717, 1.165) is 12.1 Å². The number of carbonyl (C=O) groups is 2. The van der Waals surface area contributed by atoms with Gasteiger partial charge in [-0.1, -0.05) is 13.8 Å². The molecule has 0 spiro atoms. The van der Waals surface area contributed by atoms with E-state index in [1.807, 2.05) is 13.8 Å². The fourth-order valence-electron chi connectivity index (χ4n) is 2.40. The summed E-state index contributed by atoms with van der Waals surface area (Å²) in [6.45, 7) is 4.05. The number of aromatic carboxylic acids is 1. The van der Waals surface area contributed by atoms with Gasteiger partial charge in [-0.3, -0.25) is 4.79 Å². The molecule has 0 fully saturated rings. The van der Waals surface area contributed by atoms with Crippen molar-refractivity contribution in [1.82, 2.24) is 0 Å². The van der Waals surface area contributed by atoms with E-state index in [0.29, 0.717) is 17.8 Å². The number of nitrogens with two attached hydrogens (primary N) is 1. The monoisotopic (exact) mass is 274 g/mol. The quantitative estimate of drug-likeness (QED) is 0.737. The molecule has 0 heterocycles. The Morgan fingerprint density at radius 2 is 2.05 bits per heavy atom. The molecule has 106 valence electrons. The van der Waals surface area contributed by atoms with E-state index in [-0.39, 0.29) is 16.8 Å². The van der Waals surface area contributed by atoms with Gasteiger partial charge in [-0.05, 0) is 30.0 Å². The molecule has 0 aliphatic heterocycles. The zero-order chi connectivity index (χ0) is 14.9. The van der Waals surface area contributed by atoms with Gasteiger partial charge >= 0.3 is 5.97 Å². The zero-order valence-electron chi connectivity index (χ0n) is 11.6. The Balaban J connectivity index is 2.28. The van der Waals surface area contributed by atoms with Crippen LogP contribution < -0.4 is 11.1 Å². The number of nitrogen functional groups attached to an aromatic ring is 1. The van der Waals surface area contributed by atoms with Gasteiger partial charge in [-0.25, -0.2) is 4.79 Å².